The van der Waals surface area contributed by atoms with E-state index in [-0.39, 0.29) is 0 Å². The Hall–Kier alpha value is -3.98. The number of ether oxygens (including phenoxy) is 5. The first kappa shape index (κ1) is 32.4. The van der Waals surface area contributed by atoms with Gasteiger partial charge in [0.2, 0.25) is 0 Å². The Labute approximate surface area is 267 Å². The van der Waals surface area contributed by atoms with E-state index in [4.69, 9.17) is 23.7 Å². The molecule has 1 fully saturated rings. The van der Waals surface area contributed by atoms with Crippen LogP contribution in [0.3, 0.4) is 0 Å². The fourth-order valence-corrected chi connectivity index (χ4v) is 5.03. The zero-order valence-electron chi connectivity index (χ0n) is 26.0. The Balaban J connectivity index is 1.19. The lowest BCUT2D eigenvalue weighted by Crippen LogP contribution is -2.31. The van der Waals surface area contributed by atoms with Crippen LogP contribution in [0.4, 0.5) is 22.7 Å². The van der Waals surface area contributed by atoms with Gasteiger partial charge in [-0.2, -0.15) is 0 Å². The van der Waals surface area contributed by atoms with Crippen molar-refractivity contribution in [2.45, 2.75) is 0 Å². The monoisotopic (exact) mass is 608 g/mol. The van der Waals surface area contributed by atoms with Crippen molar-refractivity contribution in [3.8, 4) is 0 Å². The molecular formula is C38H44N2O5. The Kier molecular flexibility index (Phi) is 13.5. The summed E-state index contributed by atoms with van der Waals surface area (Å²) >= 11 is 0. The molecule has 236 valence electrons. The van der Waals surface area contributed by atoms with E-state index in [0.29, 0.717) is 66.1 Å². The zero-order chi connectivity index (χ0) is 30.8. The Bertz CT molecular complexity index is 1320. The van der Waals surface area contributed by atoms with Crippen molar-refractivity contribution in [3.63, 3.8) is 0 Å². The fourth-order valence-electron chi connectivity index (χ4n) is 5.03. The van der Waals surface area contributed by atoms with Crippen LogP contribution in [0.25, 0.3) is 12.2 Å². The van der Waals surface area contributed by atoms with Gasteiger partial charge in [-0.3, -0.25) is 0 Å². The predicted molar refractivity (Wildman–Crippen MR) is 183 cm³/mol. The summed E-state index contributed by atoms with van der Waals surface area (Å²) in [5.41, 5.74) is 6.80. The van der Waals surface area contributed by atoms with Gasteiger partial charge in [-0.05, 0) is 59.7 Å². The van der Waals surface area contributed by atoms with Crippen LogP contribution in [-0.4, -0.2) is 79.2 Å². The number of hydrogen-bond acceptors (Lipinski definition) is 7. The van der Waals surface area contributed by atoms with Crippen LogP contribution in [-0.2, 0) is 23.7 Å². The van der Waals surface area contributed by atoms with E-state index in [2.05, 4.69) is 119 Å². The van der Waals surface area contributed by atoms with Crippen LogP contribution in [0.1, 0.15) is 11.1 Å². The second-order valence-electron chi connectivity index (χ2n) is 10.6. The number of nitrogens with zero attached hydrogens (tertiary/aromatic N) is 2. The second-order valence-corrected chi connectivity index (χ2v) is 10.6. The molecule has 0 spiro atoms. The van der Waals surface area contributed by atoms with E-state index < -0.39 is 0 Å². The molecule has 45 heavy (non-hydrogen) atoms. The molecule has 0 amide bonds. The molecule has 0 aliphatic carbocycles. The molecule has 4 aromatic carbocycles. The summed E-state index contributed by atoms with van der Waals surface area (Å²) < 4.78 is 28.3. The smallest absolute Gasteiger partial charge is 0.0701 e. The van der Waals surface area contributed by atoms with Gasteiger partial charge in [-0.15, -0.1) is 0 Å². The van der Waals surface area contributed by atoms with Gasteiger partial charge >= 0.3 is 0 Å². The SMILES string of the molecule is C(=C\c1ccc(N(c2ccccc2)c2ccccc2)cc1)/c1ccc(N2CCOCCOCCOCCOCCOCC2)cc1. The van der Waals surface area contributed by atoms with Crippen molar-refractivity contribution in [1.29, 1.82) is 0 Å². The maximum Gasteiger partial charge on any atom is 0.0701 e. The maximum absolute atomic E-state index is 5.83. The molecule has 0 saturated carbocycles. The quantitative estimate of drug-likeness (QED) is 0.214. The Morgan fingerprint density at radius 2 is 0.756 bits per heavy atom. The van der Waals surface area contributed by atoms with Crippen molar-refractivity contribution >= 4 is 34.9 Å². The summed E-state index contributed by atoms with van der Waals surface area (Å²) in [5.74, 6) is 0. The normalized spacial score (nSPS) is 16.6. The number of para-hydroxylation sites is 2. The first-order chi connectivity index (χ1) is 22.4. The van der Waals surface area contributed by atoms with Crippen LogP contribution in [0.5, 0.6) is 0 Å². The lowest BCUT2D eigenvalue weighted by Gasteiger charge is -2.25. The highest BCUT2D eigenvalue weighted by Gasteiger charge is 2.11. The molecule has 0 aromatic heterocycles. The van der Waals surface area contributed by atoms with Crippen molar-refractivity contribution in [3.05, 3.63) is 120 Å². The lowest BCUT2D eigenvalue weighted by atomic mass is 10.1. The Morgan fingerprint density at radius 3 is 1.18 bits per heavy atom. The summed E-state index contributed by atoms with van der Waals surface area (Å²) in [6, 6.07) is 38.2. The minimum absolute atomic E-state index is 0.561. The second kappa shape index (κ2) is 18.7. The molecule has 1 heterocycles. The van der Waals surface area contributed by atoms with Crippen LogP contribution in [0, 0.1) is 0 Å². The molecule has 0 atom stereocenters. The third-order valence-corrected chi connectivity index (χ3v) is 7.41. The average Bonchev–Trinajstić information content (AvgIpc) is 3.09. The van der Waals surface area contributed by atoms with Gasteiger partial charge in [-0.1, -0.05) is 72.8 Å². The Morgan fingerprint density at radius 1 is 0.400 bits per heavy atom. The maximum atomic E-state index is 5.83. The van der Waals surface area contributed by atoms with E-state index >= 15 is 0 Å². The molecule has 7 nitrogen and oxygen atoms in total. The third kappa shape index (κ3) is 10.8. The van der Waals surface area contributed by atoms with Crippen LogP contribution < -0.4 is 9.80 Å². The molecule has 0 N–H and O–H groups in total. The summed E-state index contributed by atoms with van der Waals surface area (Å²) in [5, 5.41) is 0. The van der Waals surface area contributed by atoms with Gasteiger partial charge in [0.15, 0.2) is 0 Å². The van der Waals surface area contributed by atoms with Crippen LogP contribution in [0.15, 0.2) is 109 Å². The van der Waals surface area contributed by atoms with Gasteiger partial charge in [0.1, 0.15) is 0 Å². The van der Waals surface area contributed by atoms with Gasteiger partial charge in [0, 0.05) is 35.8 Å². The van der Waals surface area contributed by atoms with Gasteiger partial charge in [0.05, 0.1) is 66.1 Å². The standard InChI is InChI=1S/C38H44N2O5/c1-3-7-36(8-4-1)40(37-9-5-2-6-10-37)38-19-15-34(16-20-38)12-11-33-13-17-35(18-14-33)39-21-23-41-25-27-43-29-31-45-32-30-44-28-26-42-24-22-39/h1-20H,21-32H2/b12-11+. The van der Waals surface area contributed by atoms with Crippen molar-refractivity contribution < 1.29 is 23.7 Å². The van der Waals surface area contributed by atoms with Crippen molar-refractivity contribution in [1.82, 2.24) is 0 Å². The number of benzene rings is 4. The number of hydrogen-bond donors (Lipinski definition) is 0. The van der Waals surface area contributed by atoms with E-state index in [1.54, 1.807) is 0 Å². The minimum Gasteiger partial charge on any atom is -0.377 e. The molecule has 1 aliphatic rings. The molecule has 0 unspecified atom stereocenters. The topological polar surface area (TPSA) is 52.6 Å². The van der Waals surface area contributed by atoms with E-state index in [1.165, 1.54) is 0 Å². The molecular weight excluding hydrogens is 564 g/mol. The third-order valence-electron chi connectivity index (χ3n) is 7.41. The molecule has 0 radical (unpaired) electrons. The highest BCUT2D eigenvalue weighted by Crippen LogP contribution is 2.34. The van der Waals surface area contributed by atoms with Gasteiger partial charge in [-0.25, -0.2) is 0 Å². The molecule has 5 rings (SSSR count). The first-order valence-corrected chi connectivity index (χ1v) is 15.8. The van der Waals surface area contributed by atoms with Crippen LogP contribution >= 0.6 is 0 Å². The summed E-state index contributed by atoms with van der Waals surface area (Å²) in [6.45, 7) is 7.28. The van der Waals surface area contributed by atoms with Gasteiger partial charge < -0.3 is 33.5 Å². The van der Waals surface area contributed by atoms with E-state index in [9.17, 15) is 0 Å². The van der Waals surface area contributed by atoms with Crippen molar-refractivity contribution in [2.24, 2.45) is 0 Å². The highest BCUT2D eigenvalue weighted by molar-refractivity contribution is 5.78. The molecule has 7 heteroatoms. The lowest BCUT2D eigenvalue weighted by molar-refractivity contribution is -0.0116. The van der Waals surface area contributed by atoms with Gasteiger partial charge in [0.25, 0.3) is 0 Å². The summed E-state index contributed by atoms with van der Waals surface area (Å²) in [6.07, 6.45) is 4.31. The first-order valence-electron chi connectivity index (χ1n) is 15.8. The van der Waals surface area contributed by atoms with E-state index in [1.807, 2.05) is 12.1 Å². The number of rotatable bonds is 6. The largest absolute Gasteiger partial charge is 0.377 e. The molecule has 1 saturated heterocycles. The minimum atomic E-state index is 0.561. The predicted octanol–water partition coefficient (Wildman–Crippen LogP) is 7.23. The fraction of sp³-hybridized carbons (Fsp3) is 0.316. The molecule has 0 bridgehead atoms. The van der Waals surface area contributed by atoms with E-state index in [0.717, 1.165) is 47.0 Å². The molecule has 1 aliphatic heterocycles. The summed E-state index contributed by atoms with van der Waals surface area (Å²) in [4.78, 5) is 4.57. The highest BCUT2D eigenvalue weighted by atomic mass is 16.6. The van der Waals surface area contributed by atoms with Crippen LogP contribution in [0.2, 0.25) is 0 Å². The number of anilines is 4. The average molecular weight is 609 g/mol. The molecule has 4 aromatic rings. The van der Waals surface area contributed by atoms with Crippen molar-refractivity contribution in [2.75, 3.05) is 89.0 Å². The zero-order valence-corrected chi connectivity index (χ0v) is 26.0. The summed E-state index contributed by atoms with van der Waals surface area (Å²) in [7, 11) is 0.